The molecule has 0 aromatic carbocycles. The van der Waals surface area contributed by atoms with Crippen LogP contribution in [0.15, 0.2) is 5.41 Å². The summed E-state index contributed by atoms with van der Waals surface area (Å²) in [7, 11) is -4.47. The Kier molecular flexibility index (Phi) is 5.96. The molecule has 0 saturated heterocycles. The summed E-state index contributed by atoms with van der Waals surface area (Å²) in [6.07, 6.45) is 0. The predicted molar refractivity (Wildman–Crippen MR) is 20.0 cm³/mol. The summed E-state index contributed by atoms with van der Waals surface area (Å²) in [4.78, 5) is 9.06. The molecule has 6 heteroatoms. The van der Waals surface area contributed by atoms with Gasteiger partial charge in [0, 0.05) is 0 Å². The van der Waals surface area contributed by atoms with Crippen LogP contribution < -0.4 is 29.6 Å². The Morgan fingerprint density at radius 3 is 1.88 bits per heavy atom. The fourth-order valence-electron chi connectivity index (χ4n) is 0.0589. The van der Waals surface area contributed by atoms with Gasteiger partial charge in [-0.1, -0.05) is 0 Å². The molecule has 0 spiro atoms. The minimum absolute atomic E-state index is 0. The molecule has 0 rings (SSSR count). The van der Waals surface area contributed by atoms with E-state index in [4.69, 9.17) is 4.79 Å². The molecule has 0 fully saturated rings. The van der Waals surface area contributed by atoms with E-state index in [1.165, 1.54) is 0 Å². The van der Waals surface area contributed by atoms with Crippen molar-refractivity contribution in [3.05, 3.63) is 5.41 Å². The van der Waals surface area contributed by atoms with Gasteiger partial charge in [0.15, 0.2) is 0 Å². The first kappa shape index (κ1) is 11.2. The fourth-order valence-corrected chi connectivity index (χ4v) is 0.177. The van der Waals surface area contributed by atoms with Gasteiger partial charge in [-0.15, -0.1) is 0 Å². The molecule has 0 bridgehead atoms. The second kappa shape index (κ2) is 4.26. The molecule has 8 heavy (non-hydrogen) atoms. The first-order valence-corrected chi connectivity index (χ1v) is 2.70. The van der Waals surface area contributed by atoms with Crippen molar-refractivity contribution >= 4 is 16.1 Å². The van der Waals surface area contributed by atoms with Gasteiger partial charge in [0.2, 0.25) is 0 Å². The van der Waals surface area contributed by atoms with Gasteiger partial charge in [0.25, 0.3) is 0 Å². The standard InChI is InChI=1S/C2H2O4S.Na/c3-1-2-7(4,5)6;/h2H,(H,4,5,6);/q;+1/p-1. The maximum absolute atomic E-state index is 9.36. The van der Waals surface area contributed by atoms with Crippen LogP contribution in [0.4, 0.5) is 0 Å². The fraction of sp³-hybridized carbons (Fsp3) is 0. The van der Waals surface area contributed by atoms with Crippen molar-refractivity contribution in [1.29, 1.82) is 0 Å². The topological polar surface area (TPSA) is 74.3 Å². The van der Waals surface area contributed by atoms with Crippen molar-refractivity contribution in [3.8, 4) is 0 Å². The molecule has 0 aromatic rings. The van der Waals surface area contributed by atoms with Crippen LogP contribution in [0.5, 0.6) is 0 Å². The molecule has 0 heterocycles. The Hall–Kier alpha value is 0.360. The van der Waals surface area contributed by atoms with Gasteiger partial charge >= 0.3 is 29.6 Å². The number of hydrogen-bond donors (Lipinski definition) is 0. The Morgan fingerprint density at radius 2 is 1.88 bits per heavy atom. The molecule has 0 aromatic heterocycles. The Labute approximate surface area is 68.6 Å². The average molecular weight is 144 g/mol. The van der Waals surface area contributed by atoms with Crippen molar-refractivity contribution in [1.82, 2.24) is 0 Å². The smallest absolute Gasteiger partial charge is 0.744 e. The number of hydrogen-bond acceptors (Lipinski definition) is 4. The summed E-state index contributed by atoms with van der Waals surface area (Å²) in [6.45, 7) is 0. The average Bonchev–Trinajstić information content (AvgIpc) is 1.30. The van der Waals surface area contributed by atoms with Crippen LogP contribution in [0, 0.1) is 0 Å². The first-order chi connectivity index (χ1) is 3.06. The second-order valence-electron chi connectivity index (χ2n) is 0.729. The summed E-state index contributed by atoms with van der Waals surface area (Å²) in [5, 5.41) is -0.0764. The summed E-state index contributed by atoms with van der Waals surface area (Å²) in [6, 6.07) is 0. The van der Waals surface area contributed by atoms with Crippen molar-refractivity contribution < 1.29 is 47.3 Å². The Morgan fingerprint density at radius 1 is 1.50 bits per heavy atom. The van der Waals surface area contributed by atoms with E-state index in [9.17, 15) is 13.0 Å². The minimum atomic E-state index is -4.47. The van der Waals surface area contributed by atoms with Crippen LogP contribution in [0.2, 0.25) is 0 Å². The molecule has 0 amide bonds. The molecule has 0 aliphatic heterocycles. The summed E-state index contributed by atoms with van der Waals surface area (Å²) < 4.78 is 28.1. The van der Waals surface area contributed by atoms with E-state index < -0.39 is 10.1 Å². The van der Waals surface area contributed by atoms with Gasteiger partial charge in [-0.25, -0.2) is 13.2 Å². The normalized spacial score (nSPS) is 8.62. The second-order valence-corrected chi connectivity index (χ2v) is 1.95. The summed E-state index contributed by atoms with van der Waals surface area (Å²) >= 11 is 0. The van der Waals surface area contributed by atoms with Gasteiger partial charge < -0.3 is 4.55 Å². The van der Waals surface area contributed by atoms with Crippen LogP contribution in [0.25, 0.3) is 0 Å². The Bertz CT molecular complexity index is 186. The zero-order valence-corrected chi connectivity index (χ0v) is 6.94. The molecule has 0 aliphatic rings. The van der Waals surface area contributed by atoms with Crippen molar-refractivity contribution in [2.75, 3.05) is 0 Å². The van der Waals surface area contributed by atoms with E-state index in [0.717, 1.165) is 5.94 Å². The molecule has 0 unspecified atom stereocenters. The van der Waals surface area contributed by atoms with E-state index in [0.29, 0.717) is 0 Å². The van der Waals surface area contributed by atoms with Crippen LogP contribution in [-0.2, 0) is 14.9 Å². The van der Waals surface area contributed by atoms with Gasteiger partial charge in [-0.2, -0.15) is 0 Å². The first-order valence-electron chi connectivity index (χ1n) is 1.23. The van der Waals surface area contributed by atoms with Crippen LogP contribution >= 0.6 is 0 Å². The molecular formula is C2HNaO4S. The largest absolute Gasteiger partial charge is 1.00 e. The van der Waals surface area contributed by atoms with Gasteiger partial charge in [0.1, 0.15) is 21.5 Å². The maximum atomic E-state index is 9.36. The molecule has 0 saturated carbocycles. The molecule has 40 valence electrons. The predicted octanol–water partition coefficient (Wildman–Crippen LogP) is -4.12. The number of carbonyl (C=O) groups excluding carboxylic acids is 1. The maximum Gasteiger partial charge on any atom is 1.00 e. The minimum Gasteiger partial charge on any atom is -0.744 e. The number of rotatable bonds is 1. The zero-order chi connectivity index (χ0) is 5.91. The van der Waals surface area contributed by atoms with Crippen molar-refractivity contribution in [2.24, 2.45) is 0 Å². The van der Waals surface area contributed by atoms with Crippen LogP contribution in [0.3, 0.4) is 0 Å². The van der Waals surface area contributed by atoms with Gasteiger partial charge in [-0.05, 0) is 0 Å². The van der Waals surface area contributed by atoms with E-state index in [2.05, 4.69) is 0 Å². The summed E-state index contributed by atoms with van der Waals surface area (Å²) in [5.41, 5.74) is 0. The third-order valence-electron chi connectivity index (χ3n) is 0.192. The third-order valence-corrected chi connectivity index (χ3v) is 0.577. The summed E-state index contributed by atoms with van der Waals surface area (Å²) in [5.74, 6) is 0.832. The van der Waals surface area contributed by atoms with Gasteiger partial charge in [0.05, 0.1) is 0 Å². The molecule has 0 N–H and O–H groups in total. The molecule has 0 atom stereocenters. The molecule has 0 radical (unpaired) electrons. The quantitative estimate of drug-likeness (QED) is 0.213. The third kappa shape index (κ3) is 9.61. The van der Waals surface area contributed by atoms with Gasteiger partial charge in [-0.3, -0.25) is 0 Å². The van der Waals surface area contributed by atoms with Crippen LogP contribution in [-0.4, -0.2) is 18.9 Å². The monoisotopic (exact) mass is 144 g/mol. The Balaban J connectivity index is 0. The van der Waals surface area contributed by atoms with Crippen molar-refractivity contribution in [3.63, 3.8) is 0 Å². The van der Waals surface area contributed by atoms with E-state index in [-0.39, 0.29) is 35.0 Å². The molecule has 4 nitrogen and oxygen atoms in total. The zero-order valence-electron chi connectivity index (χ0n) is 4.12. The SMILES string of the molecule is O=C=CS(=O)(=O)[O-].[Na+]. The van der Waals surface area contributed by atoms with E-state index in [1.54, 1.807) is 0 Å². The molecule has 0 aliphatic carbocycles. The van der Waals surface area contributed by atoms with Crippen molar-refractivity contribution in [2.45, 2.75) is 0 Å². The molecular weight excluding hydrogens is 143 g/mol. The van der Waals surface area contributed by atoms with E-state index >= 15 is 0 Å². The van der Waals surface area contributed by atoms with E-state index in [1.807, 2.05) is 0 Å². The van der Waals surface area contributed by atoms with Crippen LogP contribution in [0.1, 0.15) is 0 Å².